The Morgan fingerprint density at radius 2 is 2.06 bits per heavy atom. The molecular formula is C14H11ClN2S. The summed E-state index contributed by atoms with van der Waals surface area (Å²) in [6, 6.07) is 12.0. The van der Waals surface area contributed by atoms with E-state index < -0.39 is 0 Å². The monoisotopic (exact) mass is 274 g/mol. The minimum Gasteiger partial charge on any atom is -0.326 e. The average Bonchev–Trinajstić information content (AvgIpc) is 2.88. The highest BCUT2D eigenvalue weighted by Gasteiger charge is 2.09. The smallest absolute Gasteiger partial charge is 0.0803 e. The number of benzene rings is 1. The summed E-state index contributed by atoms with van der Waals surface area (Å²) in [4.78, 5) is 6.79. The lowest BCUT2D eigenvalue weighted by atomic mass is 10.1. The molecule has 0 radical (unpaired) electrons. The Morgan fingerprint density at radius 1 is 1.17 bits per heavy atom. The van der Waals surface area contributed by atoms with E-state index in [1.807, 2.05) is 24.3 Å². The fraction of sp³-hybridized carbons (Fsp3) is 0.0714. The van der Waals surface area contributed by atoms with Gasteiger partial charge in [-0.3, -0.25) is 4.98 Å². The molecule has 2 heterocycles. The van der Waals surface area contributed by atoms with E-state index in [9.17, 15) is 0 Å². The van der Waals surface area contributed by atoms with Crippen molar-refractivity contribution in [1.82, 2.24) is 4.98 Å². The molecule has 0 amide bonds. The first-order valence-electron chi connectivity index (χ1n) is 5.62. The van der Waals surface area contributed by atoms with Gasteiger partial charge in [0.25, 0.3) is 0 Å². The first-order valence-corrected chi connectivity index (χ1v) is 6.81. The molecule has 1 aromatic carbocycles. The maximum Gasteiger partial charge on any atom is 0.0803 e. The van der Waals surface area contributed by atoms with Crippen LogP contribution in [0.3, 0.4) is 0 Å². The highest BCUT2D eigenvalue weighted by atomic mass is 35.5. The molecule has 0 fully saturated rings. The van der Waals surface area contributed by atoms with E-state index in [0.29, 0.717) is 6.54 Å². The van der Waals surface area contributed by atoms with Gasteiger partial charge in [-0.05, 0) is 36.4 Å². The zero-order chi connectivity index (χ0) is 12.5. The van der Waals surface area contributed by atoms with Crippen molar-refractivity contribution in [3.8, 4) is 10.4 Å². The lowest BCUT2D eigenvalue weighted by Gasteiger charge is -2.05. The summed E-state index contributed by atoms with van der Waals surface area (Å²) in [5.74, 6) is 0. The molecule has 0 unspecified atom stereocenters. The van der Waals surface area contributed by atoms with Gasteiger partial charge in [0.2, 0.25) is 0 Å². The molecule has 0 atom stereocenters. The predicted molar refractivity (Wildman–Crippen MR) is 78.0 cm³/mol. The Kier molecular flexibility index (Phi) is 3.04. The van der Waals surface area contributed by atoms with E-state index in [4.69, 9.17) is 17.3 Å². The first-order chi connectivity index (χ1) is 8.79. The van der Waals surface area contributed by atoms with Gasteiger partial charge in [0, 0.05) is 33.4 Å². The number of thiophene rings is 1. The Balaban J connectivity index is 2.26. The van der Waals surface area contributed by atoms with Crippen molar-refractivity contribution in [2.24, 2.45) is 5.73 Å². The summed E-state index contributed by atoms with van der Waals surface area (Å²) in [6.45, 7) is 0.573. The molecule has 0 aliphatic rings. The van der Waals surface area contributed by atoms with Crippen molar-refractivity contribution in [2.75, 3.05) is 0 Å². The summed E-state index contributed by atoms with van der Waals surface area (Å²) in [7, 11) is 0. The number of fused-ring (bicyclic) bond motifs is 1. The van der Waals surface area contributed by atoms with Gasteiger partial charge in [0.1, 0.15) is 0 Å². The second kappa shape index (κ2) is 4.69. The van der Waals surface area contributed by atoms with Gasteiger partial charge >= 0.3 is 0 Å². The third kappa shape index (κ3) is 1.90. The summed E-state index contributed by atoms with van der Waals surface area (Å²) in [6.07, 6.45) is 1.79. The van der Waals surface area contributed by atoms with Crippen molar-refractivity contribution < 1.29 is 0 Å². The highest BCUT2D eigenvalue weighted by Crippen LogP contribution is 2.35. The van der Waals surface area contributed by atoms with E-state index in [-0.39, 0.29) is 0 Å². The minimum absolute atomic E-state index is 0.573. The lowest BCUT2D eigenvalue weighted by Crippen LogP contribution is -1.91. The fourth-order valence-corrected chi connectivity index (χ4v) is 3.10. The van der Waals surface area contributed by atoms with Gasteiger partial charge < -0.3 is 5.73 Å². The first kappa shape index (κ1) is 11.7. The zero-order valence-electron chi connectivity index (χ0n) is 9.56. The summed E-state index contributed by atoms with van der Waals surface area (Å²) in [5.41, 5.74) is 7.70. The molecule has 0 aliphatic carbocycles. The number of pyridine rings is 1. The summed E-state index contributed by atoms with van der Waals surface area (Å²) < 4.78 is 0. The number of nitrogens with zero attached hydrogens (tertiary/aromatic N) is 1. The van der Waals surface area contributed by atoms with Gasteiger partial charge in [-0.1, -0.05) is 11.6 Å². The highest BCUT2D eigenvalue weighted by molar-refractivity contribution is 7.15. The topological polar surface area (TPSA) is 38.9 Å². The third-order valence-corrected chi connectivity index (χ3v) is 4.32. The van der Waals surface area contributed by atoms with E-state index >= 15 is 0 Å². The molecule has 2 aromatic heterocycles. The Labute approximate surface area is 114 Å². The van der Waals surface area contributed by atoms with Crippen LogP contribution in [0.15, 0.2) is 42.6 Å². The van der Waals surface area contributed by atoms with Crippen LogP contribution in [0.5, 0.6) is 0 Å². The average molecular weight is 275 g/mol. The largest absolute Gasteiger partial charge is 0.326 e. The molecular weight excluding hydrogens is 264 g/mol. The van der Waals surface area contributed by atoms with Crippen LogP contribution in [0, 0.1) is 0 Å². The van der Waals surface area contributed by atoms with E-state index in [1.54, 1.807) is 17.5 Å². The quantitative estimate of drug-likeness (QED) is 0.765. The number of nitrogens with two attached hydrogens (primary N) is 1. The minimum atomic E-state index is 0.573. The third-order valence-electron chi connectivity index (χ3n) is 2.84. The van der Waals surface area contributed by atoms with E-state index in [0.717, 1.165) is 21.5 Å². The van der Waals surface area contributed by atoms with Crippen LogP contribution in [-0.2, 0) is 6.54 Å². The maximum atomic E-state index is 6.19. The van der Waals surface area contributed by atoms with Gasteiger partial charge in [-0.15, -0.1) is 11.3 Å². The molecule has 3 rings (SSSR count). The van der Waals surface area contributed by atoms with Crippen LogP contribution in [0.1, 0.15) is 4.88 Å². The molecule has 4 heteroatoms. The number of halogens is 1. The van der Waals surface area contributed by atoms with Crippen LogP contribution >= 0.6 is 22.9 Å². The van der Waals surface area contributed by atoms with Crippen molar-refractivity contribution in [2.45, 2.75) is 6.54 Å². The van der Waals surface area contributed by atoms with E-state index in [2.05, 4.69) is 17.1 Å². The number of hydrogen-bond donors (Lipinski definition) is 1. The normalized spacial score (nSPS) is 11.0. The SMILES string of the molecule is NCc1ccc(-c2ccc(Cl)c3cccnc23)s1. The number of hydrogen-bond acceptors (Lipinski definition) is 3. The van der Waals surface area contributed by atoms with Crippen LogP contribution in [-0.4, -0.2) is 4.98 Å². The van der Waals surface area contributed by atoms with Gasteiger partial charge in [0.15, 0.2) is 0 Å². The van der Waals surface area contributed by atoms with Crippen LogP contribution in [0.25, 0.3) is 21.3 Å². The Bertz CT molecular complexity index is 706. The second-order valence-electron chi connectivity index (χ2n) is 3.96. The molecule has 3 aromatic rings. The van der Waals surface area contributed by atoms with Gasteiger partial charge in [0.05, 0.1) is 10.5 Å². The van der Waals surface area contributed by atoms with Crippen molar-refractivity contribution >= 4 is 33.8 Å². The molecule has 90 valence electrons. The Morgan fingerprint density at radius 3 is 2.83 bits per heavy atom. The van der Waals surface area contributed by atoms with Crippen LogP contribution in [0.2, 0.25) is 5.02 Å². The zero-order valence-corrected chi connectivity index (χ0v) is 11.1. The second-order valence-corrected chi connectivity index (χ2v) is 5.54. The summed E-state index contributed by atoms with van der Waals surface area (Å²) >= 11 is 7.89. The predicted octanol–water partition coefficient (Wildman–Crippen LogP) is 4.08. The maximum absolute atomic E-state index is 6.19. The fourth-order valence-electron chi connectivity index (χ4n) is 1.97. The van der Waals surface area contributed by atoms with Gasteiger partial charge in [-0.2, -0.15) is 0 Å². The van der Waals surface area contributed by atoms with Crippen molar-refractivity contribution in [3.05, 3.63) is 52.5 Å². The molecule has 0 aliphatic heterocycles. The van der Waals surface area contributed by atoms with Gasteiger partial charge in [-0.25, -0.2) is 0 Å². The van der Waals surface area contributed by atoms with Crippen LogP contribution < -0.4 is 5.73 Å². The molecule has 0 saturated heterocycles. The number of aromatic nitrogens is 1. The van der Waals surface area contributed by atoms with Crippen LogP contribution in [0.4, 0.5) is 0 Å². The Hall–Kier alpha value is -1.42. The standard InChI is InChI=1S/C14H11ClN2S/c15-12-5-4-11(13-6-3-9(8-16)18-13)14-10(12)2-1-7-17-14/h1-7H,8,16H2. The molecule has 2 N–H and O–H groups in total. The van der Waals surface area contributed by atoms with E-state index in [1.165, 1.54) is 9.75 Å². The molecule has 18 heavy (non-hydrogen) atoms. The molecule has 0 bridgehead atoms. The number of rotatable bonds is 2. The molecule has 0 spiro atoms. The lowest BCUT2D eigenvalue weighted by molar-refractivity contribution is 1.11. The molecule has 0 saturated carbocycles. The van der Waals surface area contributed by atoms with Crippen molar-refractivity contribution in [3.63, 3.8) is 0 Å². The molecule has 2 nitrogen and oxygen atoms in total. The summed E-state index contributed by atoms with van der Waals surface area (Å²) in [5, 5.41) is 1.72. The van der Waals surface area contributed by atoms with Crippen molar-refractivity contribution in [1.29, 1.82) is 0 Å².